The third-order valence-electron chi connectivity index (χ3n) is 5.32. The van der Waals surface area contributed by atoms with E-state index in [1.165, 1.54) is 36.2 Å². The first-order valence-electron chi connectivity index (χ1n) is 10.2. The van der Waals surface area contributed by atoms with E-state index in [-0.39, 0.29) is 29.3 Å². The molecule has 4 rings (SSSR count). The van der Waals surface area contributed by atoms with Gasteiger partial charge in [0.1, 0.15) is 5.69 Å². The Kier molecular flexibility index (Phi) is 5.91. The molecule has 0 aromatic carbocycles. The number of aromatic nitrogens is 2. The molecule has 2 amide bonds. The number of halogens is 3. The number of rotatable bonds is 5. The number of nitrogens with one attached hydrogen (secondary N) is 1. The Morgan fingerprint density at radius 2 is 2.03 bits per heavy atom. The number of carbonyl (C=O) groups is 3. The zero-order chi connectivity index (χ0) is 23.8. The highest BCUT2D eigenvalue weighted by atomic mass is 19.4. The van der Waals surface area contributed by atoms with Crippen LogP contribution >= 0.6 is 0 Å². The maximum atomic E-state index is 13.1. The van der Waals surface area contributed by atoms with Gasteiger partial charge in [-0.1, -0.05) is 0 Å². The Balaban J connectivity index is 1.59. The SMILES string of the molecule is CC(=O)Nc1ccnc(OC(=O)N2c3nc(C(=O)CCC(F)(F)F)ccc3N3CC[C@H]2C3)c1. The molecule has 0 radical (unpaired) electrons. The first kappa shape index (κ1) is 22.5. The minimum Gasteiger partial charge on any atom is -0.391 e. The second-order valence-corrected chi connectivity index (χ2v) is 7.77. The standard InChI is InChI=1S/C21H20F3N5O4/c1-12(30)26-13-5-8-25-18(10-13)33-20(32)29-14-6-9-28(11-14)16-3-2-15(27-19(16)29)17(31)4-7-21(22,23)24/h2-3,5,8,10,14H,4,6-7,9,11H2,1H3,(H,25,26,30)/t14-/m0/s1. The molecule has 0 unspecified atom stereocenters. The summed E-state index contributed by atoms with van der Waals surface area (Å²) in [6.45, 7) is 2.52. The van der Waals surface area contributed by atoms with Crippen molar-refractivity contribution in [2.45, 2.75) is 38.4 Å². The van der Waals surface area contributed by atoms with Gasteiger partial charge in [-0.05, 0) is 24.6 Å². The van der Waals surface area contributed by atoms with Crippen molar-refractivity contribution in [2.75, 3.05) is 28.2 Å². The van der Waals surface area contributed by atoms with Gasteiger partial charge in [-0.2, -0.15) is 13.2 Å². The Bertz CT molecular complexity index is 1110. The van der Waals surface area contributed by atoms with Gasteiger partial charge in [-0.15, -0.1) is 0 Å². The van der Waals surface area contributed by atoms with Crippen LogP contribution in [0.5, 0.6) is 5.88 Å². The number of alkyl halides is 3. The first-order chi connectivity index (χ1) is 15.6. The topological polar surface area (TPSA) is 105 Å². The van der Waals surface area contributed by atoms with E-state index in [2.05, 4.69) is 15.3 Å². The second-order valence-electron chi connectivity index (χ2n) is 7.77. The lowest BCUT2D eigenvalue weighted by atomic mass is 10.1. The van der Waals surface area contributed by atoms with Crippen molar-refractivity contribution < 1.29 is 32.3 Å². The summed E-state index contributed by atoms with van der Waals surface area (Å²) >= 11 is 0. The summed E-state index contributed by atoms with van der Waals surface area (Å²) in [5.74, 6) is -0.960. The molecule has 12 heteroatoms. The van der Waals surface area contributed by atoms with Gasteiger partial charge in [0, 0.05) is 44.4 Å². The smallest absolute Gasteiger partial charge is 0.391 e. The molecule has 1 N–H and O–H groups in total. The van der Waals surface area contributed by atoms with Crippen molar-refractivity contribution in [3.05, 3.63) is 36.2 Å². The molecule has 2 aromatic heterocycles. The molecule has 33 heavy (non-hydrogen) atoms. The molecule has 9 nitrogen and oxygen atoms in total. The summed E-state index contributed by atoms with van der Waals surface area (Å²) in [7, 11) is 0. The van der Waals surface area contributed by atoms with Crippen LogP contribution in [-0.2, 0) is 4.79 Å². The number of fused-ring (bicyclic) bond motifs is 4. The Morgan fingerprint density at radius 3 is 2.76 bits per heavy atom. The van der Waals surface area contributed by atoms with Crippen LogP contribution < -0.4 is 19.9 Å². The summed E-state index contributed by atoms with van der Waals surface area (Å²) in [6, 6.07) is 5.59. The number of anilines is 3. The fraction of sp³-hybridized carbons (Fsp3) is 0.381. The van der Waals surface area contributed by atoms with Gasteiger partial charge >= 0.3 is 12.3 Å². The van der Waals surface area contributed by atoms with E-state index in [9.17, 15) is 27.6 Å². The number of ether oxygens (including phenoxy) is 1. The van der Waals surface area contributed by atoms with Crippen LogP contribution in [0.25, 0.3) is 0 Å². The Morgan fingerprint density at radius 1 is 1.24 bits per heavy atom. The normalized spacial score (nSPS) is 16.9. The summed E-state index contributed by atoms with van der Waals surface area (Å²) < 4.78 is 42.9. The quantitative estimate of drug-likeness (QED) is 0.676. The van der Waals surface area contributed by atoms with E-state index in [0.717, 1.165) is 0 Å². The molecule has 2 aliphatic heterocycles. The maximum absolute atomic E-state index is 13.1. The molecule has 1 fully saturated rings. The molecule has 2 bridgehead atoms. The summed E-state index contributed by atoms with van der Waals surface area (Å²) in [6.07, 6.45) is -5.23. The summed E-state index contributed by atoms with van der Waals surface area (Å²) in [5, 5.41) is 2.56. The van der Waals surface area contributed by atoms with Crippen molar-refractivity contribution in [1.29, 1.82) is 0 Å². The first-order valence-corrected chi connectivity index (χ1v) is 10.2. The van der Waals surface area contributed by atoms with E-state index in [4.69, 9.17) is 4.74 Å². The van der Waals surface area contributed by atoms with Crippen LogP contribution in [-0.4, -0.2) is 53.1 Å². The number of ketones is 1. The van der Waals surface area contributed by atoms with Crippen LogP contribution in [0.15, 0.2) is 30.5 Å². The summed E-state index contributed by atoms with van der Waals surface area (Å²) in [4.78, 5) is 48.2. The molecule has 2 aliphatic rings. The van der Waals surface area contributed by atoms with Crippen molar-refractivity contribution in [1.82, 2.24) is 9.97 Å². The lowest BCUT2D eigenvalue weighted by molar-refractivity contribution is -0.133. The van der Waals surface area contributed by atoms with E-state index in [1.54, 1.807) is 6.07 Å². The third-order valence-corrected chi connectivity index (χ3v) is 5.32. The zero-order valence-electron chi connectivity index (χ0n) is 17.6. The van der Waals surface area contributed by atoms with E-state index in [0.29, 0.717) is 30.9 Å². The molecule has 2 aromatic rings. The third kappa shape index (κ3) is 5.04. The van der Waals surface area contributed by atoms with Crippen molar-refractivity contribution >= 4 is 35.0 Å². The number of hydrogen-bond acceptors (Lipinski definition) is 7. The highest BCUT2D eigenvalue weighted by molar-refractivity contribution is 5.98. The fourth-order valence-corrected chi connectivity index (χ4v) is 3.87. The number of carbonyl (C=O) groups excluding carboxylic acids is 3. The van der Waals surface area contributed by atoms with Crippen LogP contribution in [0, 0.1) is 0 Å². The van der Waals surface area contributed by atoms with Crippen molar-refractivity contribution in [3.8, 4) is 5.88 Å². The lowest BCUT2D eigenvalue weighted by Crippen LogP contribution is -2.48. The Labute approximate surface area is 186 Å². The Hall–Kier alpha value is -3.70. The average Bonchev–Trinajstić information content (AvgIpc) is 3.15. The van der Waals surface area contributed by atoms with Crippen LogP contribution in [0.4, 0.5) is 35.2 Å². The zero-order valence-corrected chi connectivity index (χ0v) is 17.6. The predicted molar refractivity (Wildman–Crippen MR) is 112 cm³/mol. The number of nitrogens with zero attached hydrogens (tertiary/aromatic N) is 4. The molecule has 1 saturated heterocycles. The van der Waals surface area contributed by atoms with Crippen molar-refractivity contribution in [2.24, 2.45) is 0 Å². The minimum absolute atomic E-state index is 0.0503. The second kappa shape index (κ2) is 8.68. The molecule has 0 saturated carbocycles. The lowest BCUT2D eigenvalue weighted by Gasteiger charge is -2.35. The largest absolute Gasteiger partial charge is 0.422 e. The fourth-order valence-electron chi connectivity index (χ4n) is 3.87. The molecule has 0 spiro atoms. The van der Waals surface area contributed by atoms with Gasteiger partial charge in [0.15, 0.2) is 11.6 Å². The van der Waals surface area contributed by atoms with Gasteiger partial charge in [0.25, 0.3) is 0 Å². The number of hydrogen-bond donors (Lipinski definition) is 1. The predicted octanol–water partition coefficient (Wildman–Crippen LogP) is 3.56. The number of Topliss-reactive ketones (excluding diaryl/α,β-unsaturated/α-hetero) is 1. The van der Waals surface area contributed by atoms with E-state index >= 15 is 0 Å². The maximum Gasteiger partial charge on any atom is 0.422 e. The van der Waals surface area contributed by atoms with Crippen LogP contribution in [0.3, 0.4) is 0 Å². The van der Waals surface area contributed by atoms with E-state index in [1.807, 2.05) is 4.90 Å². The molecular formula is C21H20F3N5O4. The average molecular weight is 463 g/mol. The molecule has 1 atom stereocenters. The molecular weight excluding hydrogens is 443 g/mol. The highest BCUT2D eigenvalue weighted by Crippen LogP contribution is 2.39. The van der Waals surface area contributed by atoms with Gasteiger partial charge < -0.3 is 15.0 Å². The van der Waals surface area contributed by atoms with Crippen molar-refractivity contribution in [3.63, 3.8) is 0 Å². The van der Waals surface area contributed by atoms with E-state index < -0.39 is 30.9 Å². The highest BCUT2D eigenvalue weighted by Gasteiger charge is 2.41. The van der Waals surface area contributed by atoms with Gasteiger partial charge in [0.05, 0.1) is 18.2 Å². The number of pyridine rings is 2. The molecule has 4 heterocycles. The van der Waals surface area contributed by atoms with Gasteiger partial charge in [0.2, 0.25) is 11.8 Å². The van der Waals surface area contributed by atoms with Gasteiger partial charge in [-0.25, -0.2) is 14.8 Å². The summed E-state index contributed by atoms with van der Waals surface area (Å²) in [5.41, 5.74) is 0.833. The van der Waals surface area contributed by atoms with Gasteiger partial charge in [-0.3, -0.25) is 14.5 Å². The molecule has 0 aliphatic carbocycles. The number of amides is 2. The van der Waals surface area contributed by atoms with Crippen LogP contribution in [0.1, 0.15) is 36.7 Å². The minimum atomic E-state index is -4.46. The van der Waals surface area contributed by atoms with Crippen LogP contribution in [0.2, 0.25) is 0 Å². The molecule has 174 valence electrons. The monoisotopic (exact) mass is 463 g/mol.